The number of carboxylic acids is 1. The number of halogens is 1. The molecule has 0 radical (unpaired) electrons. The SMILES string of the molecule is COC(Cn1oc(-c2ccccc2)c(Cl)c1=O)C(C(=O)O)N1CCCC1. The van der Waals surface area contributed by atoms with Crippen LogP contribution in [0.5, 0.6) is 0 Å². The molecule has 2 aromatic rings. The lowest BCUT2D eigenvalue weighted by molar-refractivity contribution is -0.149. The number of aliphatic carboxylic acids is 1. The van der Waals surface area contributed by atoms with Gasteiger partial charge >= 0.3 is 11.5 Å². The van der Waals surface area contributed by atoms with E-state index in [0.717, 1.165) is 17.6 Å². The lowest BCUT2D eigenvalue weighted by atomic mass is 10.1. The van der Waals surface area contributed by atoms with Crippen LogP contribution in [-0.2, 0) is 16.1 Å². The Bertz CT molecular complexity index is 811. The van der Waals surface area contributed by atoms with Crippen molar-refractivity contribution < 1.29 is 19.2 Å². The fraction of sp³-hybridized carbons (Fsp3) is 0.444. The first-order valence-electron chi connectivity index (χ1n) is 8.47. The highest BCUT2D eigenvalue weighted by Crippen LogP contribution is 2.26. The van der Waals surface area contributed by atoms with Gasteiger partial charge < -0.3 is 14.4 Å². The number of nitrogens with zero attached hydrogens (tertiary/aromatic N) is 2. The fourth-order valence-electron chi connectivity index (χ4n) is 3.32. The molecule has 0 saturated carbocycles. The van der Waals surface area contributed by atoms with E-state index in [2.05, 4.69) is 0 Å². The number of methoxy groups -OCH3 is 1. The molecule has 1 N–H and O–H groups in total. The first-order chi connectivity index (χ1) is 12.5. The third kappa shape index (κ3) is 3.70. The molecular formula is C18H21ClN2O5. The van der Waals surface area contributed by atoms with Gasteiger partial charge in [-0.05, 0) is 25.9 Å². The van der Waals surface area contributed by atoms with E-state index in [-0.39, 0.29) is 17.3 Å². The number of ether oxygens (including phenoxy) is 1. The van der Waals surface area contributed by atoms with Gasteiger partial charge in [0.25, 0.3) is 0 Å². The Morgan fingerprint density at radius 2 is 1.96 bits per heavy atom. The molecule has 1 aliphatic heterocycles. The van der Waals surface area contributed by atoms with Crippen molar-refractivity contribution in [3.63, 3.8) is 0 Å². The van der Waals surface area contributed by atoms with Gasteiger partial charge in [-0.15, -0.1) is 0 Å². The average Bonchev–Trinajstić information content (AvgIpc) is 3.25. The maximum absolute atomic E-state index is 12.4. The van der Waals surface area contributed by atoms with E-state index in [1.165, 1.54) is 7.11 Å². The lowest BCUT2D eigenvalue weighted by Crippen LogP contribution is -2.50. The molecule has 3 rings (SSSR count). The average molecular weight is 381 g/mol. The molecule has 1 aliphatic rings. The summed E-state index contributed by atoms with van der Waals surface area (Å²) >= 11 is 6.15. The van der Waals surface area contributed by atoms with Gasteiger partial charge in [-0.25, -0.2) is 0 Å². The van der Waals surface area contributed by atoms with Crippen molar-refractivity contribution in [1.82, 2.24) is 9.64 Å². The van der Waals surface area contributed by atoms with Gasteiger partial charge in [0.1, 0.15) is 12.1 Å². The molecule has 2 heterocycles. The number of benzene rings is 1. The Kier molecular flexibility index (Phi) is 5.80. The molecule has 26 heavy (non-hydrogen) atoms. The Morgan fingerprint density at radius 1 is 1.31 bits per heavy atom. The Labute approximate surface area is 155 Å². The number of rotatable bonds is 7. The molecule has 2 atom stereocenters. The molecule has 0 spiro atoms. The summed E-state index contributed by atoms with van der Waals surface area (Å²) in [6.45, 7) is 1.36. The molecule has 7 nitrogen and oxygen atoms in total. The van der Waals surface area contributed by atoms with E-state index in [1.54, 1.807) is 12.1 Å². The van der Waals surface area contributed by atoms with Crippen molar-refractivity contribution in [2.45, 2.75) is 31.5 Å². The summed E-state index contributed by atoms with van der Waals surface area (Å²) in [6.07, 6.45) is 1.16. The number of hydrogen-bond acceptors (Lipinski definition) is 5. The minimum Gasteiger partial charge on any atom is -0.480 e. The van der Waals surface area contributed by atoms with E-state index in [1.807, 2.05) is 23.1 Å². The molecule has 8 heteroatoms. The van der Waals surface area contributed by atoms with E-state index in [9.17, 15) is 14.7 Å². The molecule has 0 bridgehead atoms. The van der Waals surface area contributed by atoms with Crippen LogP contribution in [0.2, 0.25) is 5.02 Å². The van der Waals surface area contributed by atoms with Crippen LogP contribution in [0.25, 0.3) is 11.3 Å². The molecular weight excluding hydrogens is 360 g/mol. The first kappa shape index (κ1) is 18.7. The summed E-state index contributed by atoms with van der Waals surface area (Å²) in [5, 5.41) is 9.63. The number of likely N-dealkylation sites (tertiary alicyclic amines) is 1. The Hall–Kier alpha value is -2.09. The summed E-state index contributed by atoms with van der Waals surface area (Å²) in [5.74, 6) is -0.715. The van der Waals surface area contributed by atoms with E-state index < -0.39 is 23.7 Å². The summed E-state index contributed by atoms with van der Waals surface area (Å²) < 4.78 is 12.1. The smallest absolute Gasteiger partial charge is 0.323 e. The largest absolute Gasteiger partial charge is 0.480 e. The normalized spacial score (nSPS) is 17.3. The number of aromatic nitrogens is 1. The molecule has 2 unspecified atom stereocenters. The zero-order chi connectivity index (χ0) is 18.7. The van der Waals surface area contributed by atoms with Crippen LogP contribution in [-0.4, -0.2) is 53.1 Å². The summed E-state index contributed by atoms with van der Waals surface area (Å²) in [5.41, 5.74) is 0.176. The highest BCUT2D eigenvalue weighted by Gasteiger charge is 2.36. The van der Waals surface area contributed by atoms with Crippen LogP contribution in [0, 0.1) is 0 Å². The highest BCUT2D eigenvalue weighted by atomic mass is 35.5. The number of carboxylic acid groups (broad SMARTS) is 1. The monoisotopic (exact) mass is 380 g/mol. The maximum Gasteiger partial charge on any atom is 0.323 e. The second kappa shape index (κ2) is 8.07. The quantitative estimate of drug-likeness (QED) is 0.793. The third-order valence-electron chi connectivity index (χ3n) is 4.64. The Balaban J connectivity index is 1.89. The van der Waals surface area contributed by atoms with Crippen LogP contribution in [0.4, 0.5) is 0 Å². The molecule has 140 valence electrons. The predicted octanol–water partition coefficient (Wildman–Crippen LogP) is 2.33. The Morgan fingerprint density at radius 3 is 2.54 bits per heavy atom. The van der Waals surface area contributed by atoms with Crippen LogP contribution < -0.4 is 5.56 Å². The predicted molar refractivity (Wildman–Crippen MR) is 96.4 cm³/mol. The minimum atomic E-state index is -0.979. The minimum absolute atomic E-state index is 0.0286. The van der Waals surface area contributed by atoms with Crippen molar-refractivity contribution in [2.75, 3.05) is 20.2 Å². The van der Waals surface area contributed by atoms with Gasteiger partial charge in [-0.1, -0.05) is 41.9 Å². The van der Waals surface area contributed by atoms with E-state index in [0.29, 0.717) is 18.7 Å². The van der Waals surface area contributed by atoms with Crippen molar-refractivity contribution in [2.24, 2.45) is 0 Å². The number of hydrogen-bond donors (Lipinski definition) is 1. The maximum atomic E-state index is 12.4. The van der Waals surface area contributed by atoms with Gasteiger partial charge in [-0.3, -0.25) is 14.5 Å². The van der Waals surface area contributed by atoms with E-state index in [4.69, 9.17) is 20.9 Å². The number of carbonyl (C=O) groups is 1. The van der Waals surface area contributed by atoms with Crippen molar-refractivity contribution in [3.8, 4) is 11.3 Å². The molecule has 1 fully saturated rings. The van der Waals surface area contributed by atoms with Gasteiger partial charge in [0.2, 0.25) is 0 Å². The van der Waals surface area contributed by atoms with Crippen molar-refractivity contribution >= 4 is 17.6 Å². The van der Waals surface area contributed by atoms with Crippen LogP contribution in [0.1, 0.15) is 12.8 Å². The molecule has 0 amide bonds. The first-order valence-corrected chi connectivity index (χ1v) is 8.85. The van der Waals surface area contributed by atoms with E-state index >= 15 is 0 Å². The lowest BCUT2D eigenvalue weighted by Gasteiger charge is -2.29. The summed E-state index contributed by atoms with van der Waals surface area (Å²) in [6, 6.07) is 8.20. The second-order valence-corrected chi connectivity index (χ2v) is 6.64. The molecule has 1 aromatic heterocycles. The zero-order valence-corrected chi connectivity index (χ0v) is 15.2. The fourth-order valence-corrected chi connectivity index (χ4v) is 3.56. The van der Waals surface area contributed by atoms with Gasteiger partial charge in [0, 0.05) is 12.7 Å². The molecule has 0 aliphatic carbocycles. The molecule has 1 saturated heterocycles. The zero-order valence-electron chi connectivity index (χ0n) is 14.4. The van der Waals surface area contributed by atoms with Gasteiger partial charge in [0.15, 0.2) is 10.8 Å². The van der Waals surface area contributed by atoms with Crippen molar-refractivity contribution in [1.29, 1.82) is 0 Å². The van der Waals surface area contributed by atoms with Crippen molar-refractivity contribution in [3.05, 3.63) is 45.7 Å². The topological polar surface area (TPSA) is 84.9 Å². The third-order valence-corrected chi connectivity index (χ3v) is 4.97. The molecule has 1 aromatic carbocycles. The highest BCUT2D eigenvalue weighted by molar-refractivity contribution is 6.32. The van der Waals surface area contributed by atoms with Gasteiger partial charge in [0.05, 0.1) is 6.54 Å². The summed E-state index contributed by atoms with van der Waals surface area (Å²) in [7, 11) is 1.43. The second-order valence-electron chi connectivity index (χ2n) is 6.27. The van der Waals surface area contributed by atoms with Crippen LogP contribution in [0.3, 0.4) is 0 Å². The van der Waals surface area contributed by atoms with Crippen LogP contribution in [0.15, 0.2) is 39.6 Å². The summed E-state index contributed by atoms with van der Waals surface area (Å²) in [4.78, 5) is 26.1. The standard InChI is InChI=1S/C18H21ClN2O5/c1-25-13(15(18(23)24)20-9-5-6-10-20)11-21-17(22)14(19)16(26-21)12-7-3-2-4-8-12/h2-4,7-8,13,15H,5-6,9-11H2,1H3,(H,23,24). The van der Waals surface area contributed by atoms with Crippen LogP contribution >= 0.6 is 11.6 Å². The van der Waals surface area contributed by atoms with Gasteiger partial charge in [-0.2, -0.15) is 4.74 Å².